The molecule has 0 heterocycles. The molecule has 0 aliphatic heterocycles. The highest BCUT2D eigenvalue weighted by Crippen LogP contribution is 2.27. The summed E-state index contributed by atoms with van der Waals surface area (Å²) in [6, 6.07) is 3.59. The van der Waals surface area contributed by atoms with Gasteiger partial charge in [0, 0.05) is 25.9 Å². The maximum absolute atomic E-state index is 13.4. The van der Waals surface area contributed by atoms with Gasteiger partial charge < -0.3 is 10.2 Å². The summed E-state index contributed by atoms with van der Waals surface area (Å²) >= 11 is 0. The zero-order valence-corrected chi connectivity index (χ0v) is 11.2. The summed E-state index contributed by atoms with van der Waals surface area (Å²) in [5.74, 6) is -2.23. The zero-order chi connectivity index (χ0) is 14.7. The lowest BCUT2D eigenvalue weighted by Gasteiger charge is -2.20. The zero-order valence-electron chi connectivity index (χ0n) is 11.2. The summed E-state index contributed by atoms with van der Waals surface area (Å²) in [6.45, 7) is 1.72. The van der Waals surface area contributed by atoms with E-state index in [-0.39, 0.29) is 24.9 Å². The number of carbonyl (C=O) groups excluding carboxylic acids is 2. The molecule has 1 aromatic carbocycles. The van der Waals surface area contributed by atoms with Crippen molar-refractivity contribution in [1.82, 2.24) is 4.90 Å². The average Bonchev–Trinajstić information content (AvgIpc) is 3.18. The molecule has 108 valence electrons. The number of carbonyl (C=O) groups is 2. The molecule has 0 atom stereocenters. The van der Waals surface area contributed by atoms with Crippen LogP contribution in [0.2, 0.25) is 0 Å². The van der Waals surface area contributed by atoms with Crippen LogP contribution in [-0.2, 0) is 9.59 Å². The van der Waals surface area contributed by atoms with Gasteiger partial charge in [0.2, 0.25) is 11.8 Å². The normalized spacial score (nSPS) is 13.9. The monoisotopic (exact) mass is 282 g/mol. The minimum atomic E-state index is -0.816. The van der Waals surface area contributed by atoms with Gasteiger partial charge in [-0.3, -0.25) is 9.59 Å². The molecule has 1 aromatic rings. The van der Waals surface area contributed by atoms with Gasteiger partial charge in [0.15, 0.2) is 0 Å². The first kappa shape index (κ1) is 14.4. The van der Waals surface area contributed by atoms with Crippen LogP contribution in [0.5, 0.6) is 0 Å². The molecule has 4 nitrogen and oxygen atoms in total. The number of benzene rings is 1. The van der Waals surface area contributed by atoms with Crippen LogP contribution in [-0.4, -0.2) is 29.3 Å². The maximum Gasteiger partial charge on any atom is 0.226 e. The first-order valence-corrected chi connectivity index (χ1v) is 6.50. The Morgan fingerprint density at radius 1 is 1.30 bits per heavy atom. The van der Waals surface area contributed by atoms with Gasteiger partial charge in [-0.15, -0.1) is 0 Å². The Balaban J connectivity index is 1.91. The molecule has 6 heteroatoms. The largest absolute Gasteiger partial charge is 0.339 e. The standard InChI is InChI=1S/C14H16F2N2O2/c1-9(19)18(10-5-6-10)8-7-13(20)17-14-11(15)3-2-4-12(14)16/h2-4,10H,5-8H2,1H3,(H,17,20). The number of hydrogen-bond donors (Lipinski definition) is 1. The molecule has 0 unspecified atom stereocenters. The van der Waals surface area contributed by atoms with Crippen molar-refractivity contribution in [3.8, 4) is 0 Å². The van der Waals surface area contributed by atoms with E-state index in [0.717, 1.165) is 25.0 Å². The smallest absolute Gasteiger partial charge is 0.226 e. The number of nitrogens with zero attached hydrogens (tertiary/aromatic N) is 1. The van der Waals surface area contributed by atoms with Crippen LogP contribution in [0.25, 0.3) is 0 Å². The average molecular weight is 282 g/mol. The van der Waals surface area contributed by atoms with Crippen molar-refractivity contribution < 1.29 is 18.4 Å². The summed E-state index contributed by atoms with van der Waals surface area (Å²) in [5, 5.41) is 2.21. The summed E-state index contributed by atoms with van der Waals surface area (Å²) in [5.41, 5.74) is -0.446. The van der Waals surface area contributed by atoms with Crippen LogP contribution >= 0.6 is 0 Å². The SMILES string of the molecule is CC(=O)N(CCC(=O)Nc1c(F)cccc1F)C1CC1. The van der Waals surface area contributed by atoms with E-state index in [1.165, 1.54) is 13.0 Å². The predicted octanol–water partition coefficient (Wildman–Crippen LogP) is 2.30. The fraction of sp³-hybridized carbons (Fsp3) is 0.429. The number of hydrogen-bond acceptors (Lipinski definition) is 2. The van der Waals surface area contributed by atoms with Gasteiger partial charge in [0.1, 0.15) is 17.3 Å². The maximum atomic E-state index is 13.4. The molecule has 2 rings (SSSR count). The molecule has 0 spiro atoms. The first-order chi connectivity index (χ1) is 9.49. The van der Waals surface area contributed by atoms with Gasteiger partial charge in [-0.25, -0.2) is 8.78 Å². The lowest BCUT2D eigenvalue weighted by molar-refractivity contribution is -0.129. The molecule has 0 radical (unpaired) electrons. The molecule has 0 aromatic heterocycles. The molecular formula is C14H16F2N2O2. The fourth-order valence-corrected chi connectivity index (χ4v) is 2.02. The number of amides is 2. The van der Waals surface area contributed by atoms with Gasteiger partial charge in [0.25, 0.3) is 0 Å². The van der Waals surface area contributed by atoms with Crippen molar-refractivity contribution in [2.24, 2.45) is 0 Å². The molecule has 1 fully saturated rings. The predicted molar refractivity (Wildman–Crippen MR) is 70.0 cm³/mol. The minimum absolute atomic E-state index is 0.0177. The summed E-state index contributed by atoms with van der Waals surface area (Å²) in [6.07, 6.45) is 1.91. The Morgan fingerprint density at radius 2 is 1.90 bits per heavy atom. The third-order valence-electron chi connectivity index (χ3n) is 3.20. The van der Waals surface area contributed by atoms with E-state index in [1.807, 2.05) is 0 Å². The van der Waals surface area contributed by atoms with Crippen molar-refractivity contribution in [3.63, 3.8) is 0 Å². The molecule has 20 heavy (non-hydrogen) atoms. The van der Waals surface area contributed by atoms with Crippen molar-refractivity contribution in [1.29, 1.82) is 0 Å². The highest BCUT2D eigenvalue weighted by Gasteiger charge is 2.30. The number of nitrogens with one attached hydrogen (secondary N) is 1. The minimum Gasteiger partial charge on any atom is -0.339 e. The van der Waals surface area contributed by atoms with E-state index in [1.54, 1.807) is 4.90 Å². The van der Waals surface area contributed by atoms with Crippen LogP contribution in [0.4, 0.5) is 14.5 Å². The van der Waals surface area contributed by atoms with Crippen LogP contribution in [0.1, 0.15) is 26.2 Å². The number of halogens is 2. The van der Waals surface area contributed by atoms with Gasteiger partial charge in [-0.05, 0) is 25.0 Å². The van der Waals surface area contributed by atoms with Gasteiger partial charge in [-0.1, -0.05) is 6.07 Å². The van der Waals surface area contributed by atoms with Crippen molar-refractivity contribution >= 4 is 17.5 Å². The lowest BCUT2D eigenvalue weighted by atomic mass is 10.2. The van der Waals surface area contributed by atoms with Crippen LogP contribution in [0, 0.1) is 11.6 Å². The summed E-state index contributed by atoms with van der Waals surface area (Å²) in [7, 11) is 0. The highest BCUT2D eigenvalue weighted by molar-refractivity contribution is 5.91. The van der Waals surface area contributed by atoms with Crippen LogP contribution < -0.4 is 5.32 Å². The third kappa shape index (κ3) is 3.53. The Hall–Kier alpha value is -1.98. The number of rotatable bonds is 5. The highest BCUT2D eigenvalue weighted by atomic mass is 19.1. The Bertz CT molecular complexity index is 510. The summed E-state index contributed by atoms with van der Waals surface area (Å²) < 4.78 is 26.7. The van der Waals surface area contributed by atoms with Crippen molar-refractivity contribution in [2.45, 2.75) is 32.2 Å². The second-order valence-electron chi connectivity index (χ2n) is 4.84. The number of para-hydroxylation sites is 1. The molecule has 0 saturated heterocycles. The second kappa shape index (κ2) is 5.98. The quantitative estimate of drug-likeness (QED) is 0.901. The van der Waals surface area contributed by atoms with E-state index < -0.39 is 23.2 Å². The lowest BCUT2D eigenvalue weighted by Crippen LogP contribution is -2.33. The number of anilines is 1. The van der Waals surface area contributed by atoms with E-state index in [0.29, 0.717) is 0 Å². The van der Waals surface area contributed by atoms with Crippen molar-refractivity contribution in [3.05, 3.63) is 29.8 Å². The van der Waals surface area contributed by atoms with Gasteiger partial charge in [0.05, 0.1) is 0 Å². The molecule has 1 aliphatic carbocycles. The fourth-order valence-electron chi connectivity index (χ4n) is 2.02. The Labute approximate surface area is 115 Å². The second-order valence-corrected chi connectivity index (χ2v) is 4.84. The third-order valence-corrected chi connectivity index (χ3v) is 3.20. The van der Waals surface area contributed by atoms with E-state index in [2.05, 4.69) is 5.32 Å². The van der Waals surface area contributed by atoms with E-state index in [9.17, 15) is 18.4 Å². The van der Waals surface area contributed by atoms with Crippen LogP contribution in [0.15, 0.2) is 18.2 Å². The van der Waals surface area contributed by atoms with Crippen LogP contribution in [0.3, 0.4) is 0 Å². The first-order valence-electron chi connectivity index (χ1n) is 6.50. The Kier molecular flexibility index (Phi) is 4.32. The molecule has 1 saturated carbocycles. The van der Waals surface area contributed by atoms with Gasteiger partial charge >= 0.3 is 0 Å². The molecular weight excluding hydrogens is 266 g/mol. The van der Waals surface area contributed by atoms with Gasteiger partial charge in [-0.2, -0.15) is 0 Å². The molecule has 1 aliphatic rings. The molecule has 2 amide bonds. The van der Waals surface area contributed by atoms with Crippen molar-refractivity contribution in [2.75, 3.05) is 11.9 Å². The molecule has 0 bridgehead atoms. The summed E-state index contributed by atoms with van der Waals surface area (Å²) in [4.78, 5) is 24.7. The topological polar surface area (TPSA) is 49.4 Å². The molecule has 1 N–H and O–H groups in total. The van der Waals surface area contributed by atoms with E-state index >= 15 is 0 Å². The van der Waals surface area contributed by atoms with E-state index in [4.69, 9.17) is 0 Å². The Morgan fingerprint density at radius 3 is 2.40 bits per heavy atom.